The van der Waals surface area contributed by atoms with Gasteiger partial charge in [-0.2, -0.15) is 0 Å². The van der Waals surface area contributed by atoms with Crippen molar-refractivity contribution in [3.8, 4) is 11.5 Å². The molecule has 0 aliphatic carbocycles. The van der Waals surface area contributed by atoms with Gasteiger partial charge in [0.25, 0.3) is 5.91 Å². The summed E-state index contributed by atoms with van der Waals surface area (Å²) < 4.78 is 10.7. The molecule has 6 nitrogen and oxygen atoms in total. The summed E-state index contributed by atoms with van der Waals surface area (Å²) in [4.78, 5) is 13.7. The summed E-state index contributed by atoms with van der Waals surface area (Å²) in [6.07, 6.45) is 0. The Balaban J connectivity index is 2.92. The first-order chi connectivity index (χ1) is 10.1. The minimum absolute atomic E-state index is 0.0689. The van der Waals surface area contributed by atoms with Crippen molar-refractivity contribution in [3.63, 3.8) is 0 Å². The molecule has 1 aromatic rings. The van der Waals surface area contributed by atoms with Crippen LogP contribution in [0.15, 0.2) is 23.4 Å². The molecule has 1 aromatic carbocycles. The lowest BCUT2D eigenvalue weighted by Crippen LogP contribution is -2.34. The molecule has 0 aliphatic rings. The first-order valence-corrected chi connectivity index (χ1v) is 6.84. The molecular weight excluding hydrogens is 272 g/mol. The van der Waals surface area contributed by atoms with E-state index in [4.69, 9.17) is 14.7 Å². The highest BCUT2D eigenvalue weighted by atomic mass is 16.5. The second kappa shape index (κ2) is 8.14. The van der Waals surface area contributed by atoms with Crippen LogP contribution in [0.2, 0.25) is 0 Å². The quantitative estimate of drug-likeness (QED) is 0.475. The number of methoxy groups -OCH3 is 1. The molecule has 0 bridgehead atoms. The molecule has 0 fully saturated rings. The van der Waals surface area contributed by atoms with E-state index in [-0.39, 0.29) is 12.5 Å². The van der Waals surface area contributed by atoms with Gasteiger partial charge in [-0.15, -0.1) is 0 Å². The number of amides is 1. The van der Waals surface area contributed by atoms with E-state index >= 15 is 0 Å². The topological polar surface area (TPSA) is 71.4 Å². The van der Waals surface area contributed by atoms with Gasteiger partial charge in [0, 0.05) is 24.7 Å². The van der Waals surface area contributed by atoms with Crippen molar-refractivity contribution in [1.29, 1.82) is 0 Å². The van der Waals surface area contributed by atoms with Crippen molar-refractivity contribution >= 4 is 11.6 Å². The number of hydrogen-bond acceptors (Lipinski definition) is 5. The Morgan fingerprint density at radius 1 is 1.33 bits per heavy atom. The standard InChI is InChI=1S/C15H22N2O4/c1-5-17(6-2)15(18)10-21-14-9-12(20-4)7-8-13(14)11(3)16-19/h7-9,19H,5-6,10H2,1-4H3/b16-11+. The summed E-state index contributed by atoms with van der Waals surface area (Å²) in [5.74, 6) is 0.965. The first kappa shape index (κ1) is 16.8. The number of carbonyl (C=O) groups is 1. The van der Waals surface area contributed by atoms with Gasteiger partial charge in [-0.1, -0.05) is 5.16 Å². The van der Waals surface area contributed by atoms with Crippen LogP contribution < -0.4 is 9.47 Å². The highest BCUT2D eigenvalue weighted by molar-refractivity contribution is 6.01. The molecule has 0 atom stereocenters. The Hall–Kier alpha value is -2.24. The number of oxime groups is 1. The zero-order chi connectivity index (χ0) is 15.8. The molecule has 6 heteroatoms. The zero-order valence-electron chi connectivity index (χ0n) is 12.9. The first-order valence-electron chi connectivity index (χ1n) is 6.84. The van der Waals surface area contributed by atoms with Crippen LogP contribution in [0.5, 0.6) is 11.5 Å². The third kappa shape index (κ3) is 4.37. The normalized spacial score (nSPS) is 11.1. The van der Waals surface area contributed by atoms with Gasteiger partial charge in [0.05, 0.1) is 12.8 Å². The van der Waals surface area contributed by atoms with E-state index in [9.17, 15) is 4.79 Å². The Labute approximate surface area is 125 Å². The molecule has 0 unspecified atom stereocenters. The molecule has 0 spiro atoms. The van der Waals surface area contributed by atoms with E-state index in [0.29, 0.717) is 35.9 Å². The summed E-state index contributed by atoms with van der Waals surface area (Å²) in [6, 6.07) is 5.13. The van der Waals surface area contributed by atoms with Gasteiger partial charge < -0.3 is 19.6 Å². The maximum Gasteiger partial charge on any atom is 0.260 e. The highest BCUT2D eigenvalue weighted by Gasteiger charge is 2.14. The average molecular weight is 294 g/mol. The van der Waals surface area contributed by atoms with Crippen molar-refractivity contribution < 1.29 is 19.5 Å². The van der Waals surface area contributed by atoms with Crippen molar-refractivity contribution in [1.82, 2.24) is 4.90 Å². The average Bonchev–Trinajstić information content (AvgIpc) is 2.52. The second-order valence-corrected chi connectivity index (χ2v) is 4.40. The van der Waals surface area contributed by atoms with Gasteiger partial charge in [0.15, 0.2) is 6.61 Å². The Morgan fingerprint density at radius 3 is 2.52 bits per heavy atom. The lowest BCUT2D eigenvalue weighted by atomic mass is 10.1. The summed E-state index contributed by atoms with van der Waals surface area (Å²) in [6.45, 7) is 6.70. The summed E-state index contributed by atoms with van der Waals surface area (Å²) in [5, 5.41) is 12.1. The molecule has 116 valence electrons. The monoisotopic (exact) mass is 294 g/mol. The number of carbonyl (C=O) groups excluding carboxylic acids is 1. The summed E-state index contributed by atoms with van der Waals surface area (Å²) >= 11 is 0. The molecule has 1 rings (SSSR count). The smallest absolute Gasteiger partial charge is 0.260 e. The molecule has 1 N–H and O–H groups in total. The maximum atomic E-state index is 12.0. The van der Waals surface area contributed by atoms with Crippen molar-refractivity contribution in [2.24, 2.45) is 5.16 Å². The van der Waals surface area contributed by atoms with Crippen LogP contribution in [0.1, 0.15) is 26.3 Å². The lowest BCUT2D eigenvalue weighted by Gasteiger charge is -2.19. The number of rotatable bonds is 7. The minimum Gasteiger partial charge on any atom is -0.497 e. The third-order valence-corrected chi connectivity index (χ3v) is 3.20. The summed E-state index contributed by atoms with van der Waals surface area (Å²) in [5.41, 5.74) is 1.02. The Kier molecular flexibility index (Phi) is 6.52. The number of nitrogens with zero attached hydrogens (tertiary/aromatic N) is 2. The zero-order valence-corrected chi connectivity index (χ0v) is 12.9. The molecule has 1 amide bonds. The fourth-order valence-corrected chi connectivity index (χ4v) is 1.91. The van der Waals surface area contributed by atoms with E-state index < -0.39 is 0 Å². The van der Waals surface area contributed by atoms with Crippen molar-refractivity contribution in [3.05, 3.63) is 23.8 Å². The SMILES string of the molecule is CCN(CC)C(=O)COc1cc(OC)ccc1/C(C)=N/O. The van der Waals surface area contributed by atoms with Crippen molar-refractivity contribution in [2.75, 3.05) is 26.8 Å². The largest absolute Gasteiger partial charge is 0.497 e. The van der Waals surface area contributed by atoms with Gasteiger partial charge in [0.1, 0.15) is 11.5 Å². The van der Waals surface area contributed by atoms with Gasteiger partial charge in [0.2, 0.25) is 0 Å². The van der Waals surface area contributed by atoms with Gasteiger partial charge in [-0.05, 0) is 32.9 Å². The predicted molar refractivity (Wildman–Crippen MR) is 80.4 cm³/mol. The fourth-order valence-electron chi connectivity index (χ4n) is 1.91. The maximum absolute atomic E-state index is 12.0. The Bertz CT molecular complexity index is 510. The van der Waals surface area contributed by atoms with Crippen molar-refractivity contribution in [2.45, 2.75) is 20.8 Å². The van der Waals surface area contributed by atoms with Crippen LogP contribution in [0.3, 0.4) is 0 Å². The van der Waals surface area contributed by atoms with Crippen LogP contribution in [0.4, 0.5) is 0 Å². The number of likely N-dealkylation sites (N-methyl/N-ethyl adjacent to an activating group) is 1. The lowest BCUT2D eigenvalue weighted by molar-refractivity contribution is -0.132. The van der Waals surface area contributed by atoms with E-state index in [1.807, 2.05) is 13.8 Å². The highest BCUT2D eigenvalue weighted by Crippen LogP contribution is 2.25. The Morgan fingerprint density at radius 2 is 2.00 bits per heavy atom. The number of hydrogen-bond donors (Lipinski definition) is 1. The fraction of sp³-hybridized carbons (Fsp3) is 0.467. The molecule has 0 aliphatic heterocycles. The van der Waals surface area contributed by atoms with Crippen LogP contribution in [0, 0.1) is 0 Å². The summed E-state index contributed by atoms with van der Waals surface area (Å²) in [7, 11) is 1.55. The second-order valence-electron chi connectivity index (χ2n) is 4.40. The predicted octanol–water partition coefficient (Wildman–Crippen LogP) is 2.14. The number of benzene rings is 1. The van der Waals surface area contributed by atoms with Crippen LogP contribution in [0.25, 0.3) is 0 Å². The van der Waals surface area contributed by atoms with E-state index in [1.54, 1.807) is 37.1 Å². The third-order valence-electron chi connectivity index (χ3n) is 3.20. The van der Waals surface area contributed by atoms with E-state index in [0.717, 1.165) is 0 Å². The van der Waals surface area contributed by atoms with E-state index in [2.05, 4.69) is 5.16 Å². The number of ether oxygens (including phenoxy) is 2. The molecule has 21 heavy (non-hydrogen) atoms. The molecule has 0 aromatic heterocycles. The van der Waals surface area contributed by atoms with Crippen LogP contribution >= 0.6 is 0 Å². The molecule has 0 heterocycles. The van der Waals surface area contributed by atoms with E-state index in [1.165, 1.54) is 0 Å². The molecule has 0 radical (unpaired) electrons. The minimum atomic E-state index is -0.0904. The van der Waals surface area contributed by atoms with Crippen LogP contribution in [-0.4, -0.2) is 48.5 Å². The van der Waals surface area contributed by atoms with Gasteiger partial charge in [-0.3, -0.25) is 4.79 Å². The molecule has 0 saturated carbocycles. The van der Waals surface area contributed by atoms with Gasteiger partial charge in [-0.25, -0.2) is 0 Å². The van der Waals surface area contributed by atoms with Crippen LogP contribution in [-0.2, 0) is 4.79 Å². The molecule has 0 saturated heterocycles. The van der Waals surface area contributed by atoms with Gasteiger partial charge >= 0.3 is 0 Å². The molecular formula is C15H22N2O4.